The molecule has 1 aromatic carbocycles. The van der Waals surface area contributed by atoms with Gasteiger partial charge in [0.25, 0.3) is 0 Å². The van der Waals surface area contributed by atoms with Crippen LogP contribution in [0.15, 0.2) is 24.3 Å². The first-order chi connectivity index (χ1) is 8.08. The third-order valence-electron chi connectivity index (χ3n) is 1.89. The topological polar surface area (TPSA) is 87.7 Å². The Morgan fingerprint density at radius 2 is 1.88 bits per heavy atom. The Kier molecular flexibility index (Phi) is 4.80. The number of benzene rings is 1. The van der Waals surface area contributed by atoms with E-state index < -0.39 is 18.5 Å². The summed E-state index contributed by atoms with van der Waals surface area (Å²) in [4.78, 5) is 21.2. The molecular formula is C11H14N2O4. The zero-order chi connectivity index (χ0) is 12.7. The van der Waals surface area contributed by atoms with Crippen molar-refractivity contribution < 1.29 is 19.4 Å². The lowest BCUT2D eigenvalue weighted by atomic mass is 10.2. The second-order valence-corrected chi connectivity index (χ2v) is 3.35. The van der Waals surface area contributed by atoms with Crippen LogP contribution in [-0.2, 0) is 4.79 Å². The molecule has 6 heteroatoms. The summed E-state index contributed by atoms with van der Waals surface area (Å²) in [6, 6.07) is 6.76. The lowest BCUT2D eigenvalue weighted by Crippen LogP contribution is -2.40. The molecule has 3 N–H and O–H groups in total. The number of ether oxygens (including phenoxy) is 1. The summed E-state index contributed by atoms with van der Waals surface area (Å²) in [5.74, 6) is -0.464. The molecule has 0 radical (unpaired) electrons. The Morgan fingerprint density at radius 3 is 2.47 bits per heavy atom. The van der Waals surface area contributed by atoms with Gasteiger partial charge >= 0.3 is 12.0 Å². The Balaban J connectivity index is 2.21. The predicted octanol–water partition coefficient (Wildman–Crippen LogP) is 0.715. The van der Waals surface area contributed by atoms with Crippen molar-refractivity contribution in [2.45, 2.75) is 6.92 Å². The smallest absolute Gasteiger partial charge is 0.323 e. The third kappa shape index (κ3) is 5.41. The second-order valence-electron chi connectivity index (χ2n) is 3.35. The van der Waals surface area contributed by atoms with Gasteiger partial charge < -0.3 is 20.5 Å². The zero-order valence-corrected chi connectivity index (χ0v) is 9.40. The fraction of sp³-hybridized carbons (Fsp3) is 0.273. The molecule has 0 fully saturated rings. The zero-order valence-electron chi connectivity index (χ0n) is 9.40. The first-order valence-corrected chi connectivity index (χ1v) is 5.01. The van der Waals surface area contributed by atoms with Crippen LogP contribution in [0.3, 0.4) is 0 Å². The lowest BCUT2D eigenvalue weighted by Gasteiger charge is -2.08. The van der Waals surface area contributed by atoms with Gasteiger partial charge in [0.2, 0.25) is 0 Å². The molecule has 0 spiro atoms. The highest BCUT2D eigenvalue weighted by atomic mass is 16.5. The van der Waals surface area contributed by atoms with E-state index in [1.165, 1.54) is 0 Å². The summed E-state index contributed by atoms with van der Waals surface area (Å²) in [5.41, 5.74) is 1.12. The first-order valence-electron chi connectivity index (χ1n) is 5.01. The van der Waals surface area contributed by atoms with Gasteiger partial charge in [-0.3, -0.25) is 4.79 Å². The van der Waals surface area contributed by atoms with E-state index in [0.717, 1.165) is 5.56 Å². The number of amides is 2. The molecule has 92 valence electrons. The van der Waals surface area contributed by atoms with E-state index in [1.807, 2.05) is 19.1 Å². The van der Waals surface area contributed by atoms with E-state index >= 15 is 0 Å². The van der Waals surface area contributed by atoms with E-state index in [-0.39, 0.29) is 6.73 Å². The molecule has 6 nitrogen and oxygen atoms in total. The molecule has 0 aliphatic carbocycles. The highest BCUT2D eigenvalue weighted by Crippen LogP contribution is 2.10. The van der Waals surface area contributed by atoms with Gasteiger partial charge in [0.05, 0.1) is 0 Å². The van der Waals surface area contributed by atoms with Gasteiger partial charge in [-0.2, -0.15) is 0 Å². The standard InChI is InChI=1S/C11H14N2O4/c1-8-2-4-9(5-3-8)17-7-13-11(16)12-6-10(14)15/h2-5H,6-7H2,1H3,(H,14,15)(H2,12,13,16). The summed E-state index contributed by atoms with van der Waals surface area (Å²) in [6.45, 7) is 1.52. The largest absolute Gasteiger partial charge is 0.480 e. The molecule has 0 heterocycles. The fourth-order valence-corrected chi connectivity index (χ4v) is 1.04. The summed E-state index contributed by atoms with van der Waals surface area (Å²) in [5, 5.41) is 12.8. The van der Waals surface area contributed by atoms with E-state index in [2.05, 4.69) is 10.6 Å². The Labute approximate surface area is 98.6 Å². The van der Waals surface area contributed by atoms with Crippen LogP contribution in [0.2, 0.25) is 0 Å². The predicted molar refractivity (Wildman–Crippen MR) is 60.8 cm³/mol. The number of nitrogens with one attached hydrogen (secondary N) is 2. The number of hydrogen-bond acceptors (Lipinski definition) is 3. The van der Waals surface area contributed by atoms with Crippen LogP contribution in [0.1, 0.15) is 5.56 Å². The van der Waals surface area contributed by atoms with Gasteiger partial charge in [0, 0.05) is 0 Å². The highest BCUT2D eigenvalue weighted by molar-refractivity contribution is 5.79. The molecule has 0 saturated heterocycles. The summed E-state index contributed by atoms with van der Waals surface area (Å²) < 4.78 is 5.22. The van der Waals surface area contributed by atoms with Gasteiger partial charge in [0.1, 0.15) is 12.3 Å². The monoisotopic (exact) mass is 238 g/mol. The van der Waals surface area contributed by atoms with Gasteiger partial charge in [-0.1, -0.05) is 17.7 Å². The maximum atomic E-state index is 11.0. The highest BCUT2D eigenvalue weighted by Gasteiger charge is 2.02. The third-order valence-corrected chi connectivity index (χ3v) is 1.89. The summed E-state index contributed by atoms with van der Waals surface area (Å²) in [6.07, 6.45) is 0. The number of carbonyl (C=O) groups excluding carboxylic acids is 1. The average Bonchev–Trinajstić information content (AvgIpc) is 2.29. The maximum Gasteiger partial charge on any atom is 0.323 e. The number of carboxylic acid groups (broad SMARTS) is 1. The molecule has 17 heavy (non-hydrogen) atoms. The van der Waals surface area contributed by atoms with Crippen molar-refractivity contribution in [2.24, 2.45) is 0 Å². The second kappa shape index (κ2) is 6.37. The first kappa shape index (κ1) is 12.8. The van der Waals surface area contributed by atoms with Crippen LogP contribution in [0.25, 0.3) is 0 Å². The quantitative estimate of drug-likeness (QED) is 0.659. The SMILES string of the molecule is Cc1ccc(OCNC(=O)NCC(=O)O)cc1. The van der Waals surface area contributed by atoms with E-state index in [4.69, 9.17) is 9.84 Å². The molecular weight excluding hydrogens is 224 g/mol. The molecule has 0 atom stereocenters. The van der Waals surface area contributed by atoms with Crippen LogP contribution < -0.4 is 15.4 Å². The Hall–Kier alpha value is -2.24. The molecule has 0 aliphatic heterocycles. The minimum Gasteiger partial charge on any atom is -0.480 e. The minimum atomic E-state index is -1.10. The molecule has 0 aliphatic rings. The van der Waals surface area contributed by atoms with Gasteiger partial charge in [-0.05, 0) is 19.1 Å². The molecule has 2 amide bonds. The number of hydrogen-bond donors (Lipinski definition) is 3. The maximum absolute atomic E-state index is 11.0. The van der Waals surface area contributed by atoms with Crippen LogP contribution in [-0.4, -0.2) is 30.4 Å². The average molecular weight is 238 g/mol. The number of aliphatic carboxylic acids is 1. The van der Waals surface area contributed by atoms with E-state index in [1.54, 1.807) is 12.1 Å². The number of urea groups is 1. The molecule has 0 bridgehead atoms. The van der Waals surface area contributed by atoms with Crippen molar-refractivity contribution in [1.82, 2.24) is 10.6 Å². The summed E-state index contributed by atoms with van der Waals surface area (Å²) in [7, 11) is 0. The lowest BCUT2D eigenvalue weighted by molar-refractivity contribution is -0.135. The molecule has 1 rings (SSSR count). The van der Waals surface area contributed by atoms with Crippen LogP contribution in [0.5, 0.6) is 5.75 Å². The Bertz CT molecular complexity index is 389. The number of carbonyl (C=O) groups is 2. The van der Waals surface area contributed by atoms with Crippen molar-refractivity contribution in [3.05, 3.63) is 29.8 Å². The van der Waals surface area contributed by atoms with Crippen LogP contribution in [0.4, 0.5) is 4.79 Å². The van der Waals surface area contributed by atoms with Gasteiger partial charge in [-0.15, -0.1) is 0 Å². The van der Waals surface area contributed by atoms with Crippen molar-refractivity contribution >= 4 is 12.0 Å². The van der Waals surface area contributed by atoms with Gasteiger partial charge in [0.15, 0.2) is 6.73 Å². The molecule has 1 aromatic rings. The van der Waals surface area contributed by atoms with E-state index in [9.17, 15) is 9.59 Å². The molecule has 0 saturated carbocycles. The number of carboxylic acids is 1. The van der Waals surface area contributed by atoms with Crippen LogP contribution >= 0.6 is 0 Å². The Morgan fingerprint density at radius 1 is 1.24 bits per heavy atom. The number of rotatable bonds is 5. The van der Waals surface area contributed by atoms with Gasteiger partial charge in [-0.25, -0.2) is 4.79 Å². The van der Waals surface area contributed by atoms with Crippen molar-refractivity contribution in [2.75, 3.05) is 13.3 Å². The van der Waals surface area contributed by atoms with Crippen molar-refractivity contribution in [1.29, 1.82) is 0 Å². The van der Waals surface area contributed by atoms with Crippen LogP contribution in [0, 0.1) is 6.92 Å². The minimum absolute atomic E-state index is 0.0193. The van der Waals surface area contributed by atoms with Crippen molar-refractivity contribution in [3.8, 4) is 5.75 Å². The molecule has 0 aromatic heterocycles. The molecule has 0 unspecified atom stereocenters. The van der Waals surface area contributed by atoms with E-state index in [0.29, 0.717) is 5.75 Å². The number of aryl methyl sites for hydroxylation is 1. The summed E-state index contributed by atoms with van der Waals surface area (Å²) >= 11 is 0. The normalized spacial score (nSPS) is 9.47. The van der Waals surface area contributed by atoms with Crippen molar-refractivity contribution in [3.63, 3.8) is 0 Å². The fourth-order valence-electron chi connectivity index (χ4n) is 1.04.